The Labute approximate surface area is 229 Å². The number of aromatic nitrogens is 2. The number of dihydropyridines is 1. The summed E-state index contributed by atoms with van der Waals surface area (Å²) in [5.41, 5.74) is 3.14. The summed E-state index contributed by atoms with van der Waals surface area (Å²) in [6.07, 6.45) is 10.7. The van der Waals surface area contributed by atoms with Gasteiger partial charge in [-0.15, -0.1) is 11.8 Å². The van der Waals surface area contributed by atoms with Gasteiger partial charge < -0.3 is 19.5 Å². The van der Waals surface area contributed by atoms with Crippen molar-refractivity contribution < 1.29 is 14.3 Å². The Hall–Kier alpha value is -2.49. The molecule has 2 aliphatic heterocycles. The van der Waals surface area contributed by atoms with Crippen molar-refractivity contribution in [3.05, 3.63) is 40.6 Å². The zero-order chi connectivity index (χ0) is 27.0. The van der Waals surface area contributed by atoms with E-state index in [2.05, 4.69) is 26.7 Å². The van der Waals surface area contributed by atoms with Crippen LogP contribution in [-0.2, 0) is 9.53 Å². The average Bonchev–Trinajstić information content (AvgIpc) is 3.18. The molecule has 0 bridgehead atoms. The molecule has 0 aromatic carbocycles. The summed E-state index contributed by atoms with van der Waals surface area (Å²) in [5, 5.41) is 3.90. The van der Waals surface area contributed by atoms with Gasteiger partial charge in [-0.2, -0.15) is 0 Å². The van der Waals surface area contributed by atoms with Gasteiger partial charge in [-0.1, -0.05) is 0 Å². The number of fused-ring (bicyclic) bond motifs is 1. The molecule has 5 rings (SSSR count). The first-order valence-corrected chi connectivity index (χ1v) is 14.9. The number of thioether (sulfide) groups is 1. The molecule has 0 spiro atoms. The van der Waals surface area contributed by atoms with E-state index in [4.69, 9.17) is 9.72 Å². The smallest absolute Gasteiger partial charge is 0.255 e. The molecule has 1 unspecified atom stereocenters. The number of allylic oxidation sites excluding steroid dienone is 1. The third-order valence-corrected chi connectivity index (χ3v) is 9.67. The van der Waals surface area contributed by atoms with E-state index in [9.17, 15) is 9.59 Å². The summed E-state index contributed by atoms with van der Waals surface area (Å²) >= 11 is 1.53. The number of nitrogens with zero attached hydrogens (tertiary/aromatic N) is 4. The quantitative estimate of drug-likeness (QED) is 0.537. The third kappa shape index (κ3) is 5.08. The summed E-state index contributed by atoms with van der Waals surface area (Å²) in [5.74, 6) is -0.288. The number of ether oxygens (including phenoxy) is 1. The monoisotopic (exact) mass is 537 g/mol. The molecule has 1 N–H and O–H groups in total. The van der Waals surface area contributed by atoms with Crippen molar-refractivity contribution in [3.63, 3.8) is 0 Å². The van der Waals surface area contributed by atoms with Crippen molar-refractivity contribution in [1.82, 2.24) is 19.8 Å². The van der Waals surface area contributed by atoms with Crippen molar-refractivity contribution in [2.45, 2.75) is 64.6 Å². The molecule has 2 amide bonds. The van der Waals surface area contributed by atoms with Crippen LogP contribution in [0.4, 0.5) is 0 Å². The molecule has 38 heavy (non-hydrogen) atoms. The summed E-state index contributed by atoms with van der Waals surface area (Å²) in [6.45, 7) is 8.56. The summed E-state index contributed by atoms with van der Waals surface area (Å²) in [6, 6.07) is 4.75. The van der Waals surface area contributed by atoms with Gasteiger partial charge in [0.1, 0.15) is 5.65 Å². The fraction of sp³-hybridized carbons (Fsp3) is 0.586. The van der Waals surface area contributed by atoms with E-state index in [1.807, 2.05) is 45.4 Å². The maximum Gasteiger partial charge on any atom is 0.255 e. The number of nitrogens with one attached hydrogen (secondary N) is 1. The standard InChI is InChI=1S/C29H39N5O3S/c1-17-13-25(38-5)24(28(35)32-17)16-31-29(36)26-19(3)34(27-23(26)7-6-10-30-27)18(2)20-8-11-33(12-9-20)21-14-22(15-21)37-4/h6-7,10,13,18,20-22,24H,8-9,11-12,14-16H2,1-5H3,(H,31,36)/t18-,21?,22?,24?/m1/s1. The van der Waals surface area contributed by atoms with Crippen LogP contribution in [-0.4, -0.2) is 77.1 Å². The fourth-order valence-electron chi connectivity index (χ4n) is 6.43. The molecule has 1 aliphatic carbocycles. The Morgan fingerprint density at radius 2 is 2.00 bits per heavy atom. The normalized spacial score (nSPS) is 25.6. The van der Waals surface area contributed by atoms with Crippen LogP contribution < -0.4 is 5.32 Å². The summed E-state index contributed by atoms with van der Waals surface area (Å²) in [4.78, 5) is 38.5. The molecule has 9 heteroatoms. The second-order valence-electron chi connectivity index (χ2n) is 10.9. The molecule has 2 aromatic rings. The Morgan fingerprint density at radius 1 is 1.26 bits per heavy atom. The van der Waals surface area contributed by atoms with Crippen molar-refractivity contribution in [3.8, 4) is 0 Å². The van der Waals surface area contributed by atoms with Crippen LogP contribution in [0.1, 0.15) is 61.6 Å². The fourth-order valence-corrected chi connectivity index (χ4v) is 7.19. The number of pyridine rings is 1. The topological polar surface area (TPSA) is 88.8 Å². The number of aliphatic imine (C=N–C) groups is 1. The van der Waals surface area contributed by atoms with E-state index in [1.165, 1.54) is 11.8 Å². The molecule has 0 radical (unpaired) electrons. The van der Waals surface area contributed by atoms with E-state index >= 15 is 0 Å². The highest BCUT2D eigenvalue weighted by Crippen LogP contribution is 2.37. The van der Waals surface area contributed by atoms with Gasteiger partial charge in [-0.3, -0.25) is 9.59 Å². The number of piperidine rings is 1. The predicted octanol–water partition coefficient (Wildman–Crippen LogP) is 4.39. The molecule has 8 nitrogen and oxygen atoms in total. The molecule has 1 saturated carbocycles. The van der Waals surface area contributed by atoms with Crippen LogP contribution in [0.2, 0.25) is 0 Å². The van der Waals surface area contributed by atoms with Crippen molar-refractivity contribution in [1.29, 1.82) is 0 Å². The molecule has 1 saturated heterocycles. The highest BCUT2D eigenvalue weighted by Gasteiger charge is 2.37. The van der Waals surface area contributed by atoms with Crippen LogP contribution in [0.5, 0.6) is 0 Å². The average molecular weight is 538 g/mol. The number of hydrogen-bond acceptors (Lipinski definition) is 6. The first kappa shape index (κ1) is 27.1. The number of methoxy groups -OCH3 is 1. The van der Waals surface area contributed by atoms with Crippen molar-refractivity contribution in [2.75, 3.05) is 33.0 Å². The number of amides is 2. The van der Waals surface area contributed by atoms with Crippen LogP contribution in [0.25, 0.3) is 11.0 Å². The van der Waals surface area contributed by atoms with Gasteiger partial charge in [0.15, 0.2) is 0 Å². The maximum atomic E-state index is 13.6. The molecule has 2 atom stereocenters. The van der Waals surface area contributed by atoms with E-state index in [1.54, 1.807) is 6.20 Å². The lowest BCUT2D eigenvalue weighted by Crippen LogP contribution is -2.51. The molecule has 4 heterocycles. The molecular formula is C29H39N5O3S. The van der Waals surface area contributed by atoms with Crippen LogP contribution >= 0.6 is 11.8 Å². The van der Waals surface area contributed by atoms with E-state index in [-0.39, 0.29) is 24.4 Å². The molecule has 2 fully saturated rings. The summed E-state index contributed by atoms with van der Waals surface area (Å²) < 4.78 is 7.74. The van der Waals surface area contributed by atoms with E-state index < -0.39 is 5.92 Å². The number of hydrogen-bond donors (Lipinski definition) is 1. The highest BCUT2D eigenvalue weighted by atomic mass is 32.2. The number of likely N-dealkylation sites (tertiary alicyclic amines) is 1. The first-order chi connectivity index (χ1) is 18.3. The van der Waals surface area contributed by atoms with Crippen LogP contribution in [0, 0.1) is 18.8 Å². The van der Waals surface area contributed by atoms with Gasteiger partial charge >= 0.3 is 0 Å². The van der Waals surface area contributed by atoms with Gasteiger partial charge in [-0.05, 0) is 89.9 Å². The van der Waals surface area contributed by atoms with Crippen molar-refractivity contribution in [2.24, 2.45) is 16.8 Å². The number of carbonyl (C=O) groups is 2. The molecule has 2 aromatic heterocycles. The van der Waals surface area contributed by atoms with E-state index in [0.717, 1.165) is 60.4 Å². The lowest BCUT2D eigenvalue weighted by atomic mass is 9.83. The Morgan fingerprint density at radius 3 is 2.68 bits per heavy atom. The second kappa shape index (κ2) is 11.3. The maximum absolute atomic E-state index is 13.6. The Kier molecular flexibility index (Phi) is 8.07. The summed E-state index contributed by atoms with van der Waals surface area (Å²) in [7, 11) is 1.81. The SMILES string of the molecule is COC1CC(N2CCC([C@@H](C)n3c(C)c(C(=O)NCC4C(=O)N=C(C)C=C4SC)c4cccnc43)CC2)C1. The van der Waals surface area contributed by atoms with Gasteiger partial charge in [0, 0.05) is 53.6 Å². The van der Waals surface area contributed by atoms with Crippen LogP contribution in [0.3, 0.4) is 0 Å². The number of rotatable bonds is 8. The minimum absolute atomic E-state index is 0.168. The first-order valence-electron chi connectivity index (χ1n) is 13.7. The van der Waals surface area contributed by atoms with Gasteiger partial charge in [0.2, 0.25) is 0 Å². The van der Waals surface area contributed by atoms with Gasteiger partial charge in [0.25, 0.3) is 11.8 Å². The molecule has 204 valence electrons. The van der Waals surface area contributed by atoms with Crippen molar-refractivity contribution >= 4 is 40.3 Å². The minimum Gasteiger partial charge on any atom is -0.381 e. The largest absolute Gasteiger partial charge is 0.381 e. The zero-order valence-corrected chi connectivity index (χ0v) is 23.9. The predicted molar refractivity (Wildman–Crippen MR) is 153 cm³/mol. The van der Waals surface area contributed by atoms with Crippen LogP contribution in [0.15, 0.2) is 34.3 Å². The Bertz CT molecular complexity index is 1270. The lowest BCUT2D eigenvalue weighted by Gasteiger charge is -2.46. The zero-order valence-electron chi connectivity index (χ0n) is 23.1. The molecular weight excluding hydrogens is 498 g/mol. The molecule has 3 aliphatic rings. The van der Waals surface area contributed by atoms with Gasteiger partial charge in [0.05, 0.1) is 17.6 Å². The lowest BCUT2D eigenvalue weighted by molar-refractivity contribution is -0.120. The minimum atomic E-state index is -0.441. The number of carbonyl (C=O) groups excluding carboxylic acids is 2. The highest BCUT2D eigenvalue weighted by molar-refractivity contribution is 8.02. The third-order valence-electron chi connectivity index (χ3n) is 8.80. The second-order valence-corrected chi connectivity index (χ2v) is 11.8. The Balaban J connectivity index is 1.32. The van der Waals surface area contributed by atoms with E-state index in [0.29, 0.717) is 29.3 Å². The van der Waals surface area contributed by atoms with Gasteiger partial charge in [-0.25, -0.2) is 9.98 Å².